The molecule has 0 spiro atoms. The summed E-state index contributed by atoms with van der Waals surface area (Å²) in [5.41, 5.74) is 8.04. The predicted molar refractivity (Wildman–Crippen MR) is 72.8 cm³/mol. The average molecular weight is 220 g/mol. The smallest absolute Gasteiger partial charge is 0.0599 e. The van der Waals surface area contributed by atoms with Gasteiger partial charge in [-0.05, 0) is 37.8 Å². The quantitative estimate of drug-likeness (QED) is 0.743. The third kappa shape index (κ3) is 3.76. The van der Waals surface area contributed by atoms with Crippen LogP contribution in [0.25, 0.3) is 0 Å². The standard InChI is InChI=1S/C14H24N2/c1-4-16(11-7-8-12(2)3)14-10-6-5-9-13(14)15/h5-6,9-10,12H,4,7-8,11,15H2,1-3H3. The van der Waals surface area contributed by atoms with E-state index in [0.29, 0.717) is 0 Å². The van der Waals surface area contributed by atoms with Crippen molar-refractivity contribution in [1.29, 1.82) is 0 Å². The fourth-order valence-electron chi connectivity index (χ4n) is 1.91. The lowest BCUT2D eigenvalue weighted by Crippen LogP contribution is -2.25. The minimum absolute atomic E-state index is 0.784. The van der Waals surface area contributed by atoms with Gasteiger partial charge in [-0.15, -0.1) is 0 Å². The number of benzene rings is 1. The molecule has 0 atom stereocenters. The molecule has 0 aliphatic heterocycles. The van der Waals surface area contributed by atoms with E-state index in [0.717, 1.165) is 24.7 Å². The fourth-order valence-corrected chi connectivity index (χ4v) is 1.91. The second kappa shape index (κ2) is 6.41. The molecule has 0 aromatic heterocycles. The molecule has 0 amide bonds. The normalized spacial score (nSPS) is 10.8. The zero-order valence-corrected chi connectivity index (χ0v) is 10.7. The molecular formula is C14H24N2. The van der Waals surface area contributed by atoms with Crippen LogP contribution in [0.15, 0.2) is 24.3 Å². The van der Waals surface area contributed by atoms with Gasteiger partial charge in [-0.25, -0.2) is 0 Å². The Labute approximate surface area is 99.5 Å². The summed E-state index contributed by atoms with van der Waals surface area (Å²) in [6.07, 6.45) is 2.52. The van der Waals surface area contributed by atoms with E-state index in [1.54, 1.807) is 0 Å². The van der Waals surface area contributed by atoms with Gasteiger partial charge in [0, 0.05) is 13.1 Å². The van der Waals surface area contributed by atoms with Crippen LogP contribution in [0.2, 0.25) is 0 Å². The van der Waals surface area contributed by atoms with Crippen LogP contribution < -0.4 is 10.6 Å². The van der Waals surface area contributed by atoms with Crippen LogP contribution in [-0.2, 0) is 0 Å². The third-order valence-electron chi connectivity index (χ3n) is 2.87. The van der Waals surface area contributed by atoms with E-state index in [-0.39, 0.29) is 0 Å². The van der Waals surface area contributed by atoms with E-state index in [1.807, 2.05) is 12.1 Å². The topological polar surface area (TPSA) is 29.3 Å². The summed E-state index contributed by atoms with van der Waals surface area (Å²) >= 11 is 0. The van der Waals surface area contributed by atoms with Crippen LogP contribution in [0.4, 0.5) is 11.4 Å². The van der Waals surface area contributed by atoms with Crippen LogP contribution in [0.1, 0.15) is 33.6 Å². The molecule has 0 aliphatic carbocycles. The van der Waals surface area contributed by atoms with Crippen LogP contribution in [0.5, 0.6) is 0 Å². The Morgan fingerprint density at radius 3 is 2.50 bits per heavy atom. The molecule has 90 valence electrons. The van der Waals surface area contributed by atoms with Crippen LogP contribution in [0, 0.1) is 5.92 Å². The van der Waals surface area contributed by atoms with E-state index in [4.69, 9.17) is 5.73 Å². The lowest BCUT2D eigenvalue weighted by Gasteiger charge is -2.24. The first-order valence-electron chi connectivity index (χ1n) is 6.24. The Balaban J connectivity index is 2.57. The molecule has 2 N–H and O–H groups in total. The van der Waals surface area contributed by atoms with Gasteiger partial charge in [0.25, 0.3) is 0 Å². The summed E-state index contributed by atoms with van der Waals surface area (Å²) in [5.74, 6) is 0.784. The highest BCUT2D eigenvalue weighted by molar-refractivity contribution is 5.67. The highest BCUT2D eigenvalue weighted by atomic mass is 15.1. The minimum atomic E-state index is 0.784. The van der Waals surface area contributed by atoms with E-state index in [9.17, 15) is 0 Å². The average Bonchev–Trinajstić information content (AvgIpc) is 2.25. The summed E-state index contributed by atoms with van der Waals surface area (Å²) in [6.45, 7) is 8.84. The fraction of sp³-hybridized carbons (Fsp3) is 0.571. The van der Waals surface area contributed by atoms with Crippen molar-refractivity contribution >= 4 is 11.4 Å². The van der Waals surface area contributed by atoms with Crippen LogP contribution in [-0.4, -0.2) is 13.1 Å². The summed E-state index contributed by atoms with van der Waals surface area (Å²) in [7, 11) is 0. The Morgan fingerprint density at radius 2 is 1.94 bits per heavy atom. The molecule has 0 fully saturated rings. The van der Waals surface area contributed by atoms with Gasteiger partial charge >= 0.3 is 0 Å². The van der Waals surface area contributed by atoms with Crippen molar-refractivity contribution < 1.29 is 0 Å². The number of hydrogen-bond donors (Lipinski definition) is 1. The zero-order chi connectivity index (χ0) is 12.0. The summed E-state index contributed by atoms with van der Waals surface area (Å²) in [6, 6.07) is 8.12. The second-order valence-electron chi connectivity index (χ2n) is 4.67. The van der Waals surface area contributed by atoms with Crippen molar-refractivity contribution in [2.24, 2.45) is 5.92 Å². The van der Waals surface area contributed by atoms with Crippen molar-refractivity contribution in [1.82, 2.24) is 0 Å². The molecule has 0 unspecified atom stereocenters. The first kappa shape index (κ1) is 12.9. The number of para-hydroxylation sites is 2. The molecule has 2 nitrogen and oxygen atoms in total. The molecule has 1 rings (SSSR count). The molecule has 0 bridgehead atoms. The number of nitrogens with zero attached hydrogens (tertiary/aromatic N) is 1. The van der Waals surface area contributed by atoms with Gasteiger partial charge in [-0.2, -0.15) is 0 Å². The van der Waals surface area contributed by atoms with Crippen molar-refractivity contribution in [2.45, 2.75) is 33.6 Å². The highest BCUT2D eigenvalue weighted by Crippen LogP contribution is 2.22. The lowest BCUT2D eigenvalue weighted by molar-refractivity contribution is 0.551. The molecule has 0 heterocycles. The van der Waals surface area contributed by atoms with Gasteiger partial charge in [-0.3, -0.25) is 0 Å². The maximum absolute atomic E-state index is 5.99. The SMILES string of the molecule is CCN(CCCC(C)C)c1ccccc1N. The van der Waals surface area contributed by atoms with Gasteiger partial charge in [0.05, 0.1) is 11.4 Å². The van der Waals surface area contributed by atoms with Crippen LogP contribution in [0.3, 0.4) is 0 Å². The molecule has 0 saturated heterocycles. The maximum Gasteiger partial charge on any atom is 0.0599 e. The molecule has 0 saturated carbocycles. The minimum Gasteiger partial charge on any atom is -0.397 e. The first-order valence-corrected chi connectivity index (χ1v) is 6.24. The van der Waals surface area contributed by atoms with Crippen molar-refractivity contribution in [2.75, 3.05) is 23.7 Å². The largest absolute Gasteiger partial charge is 0.397 e. The third-order valence-corrected chi connectivity index (χ3v) is 2.87. The van der Waals surface area contributed by atoms with E-state index < -0.39 is 0 Å². The molecule has 1 aromatic rings. The van der Waals surface area contributed by atoms with Crippen LogP contribution >= 0.6 is 0 Å². The Bertz CT molecular complexity index is 307. The molecule has 0 radical (unpaired) electrons. The zero-order valence-electron chi connectivity index (χ0n) is 10.7. The Hall–Kier alpha value is -1.18. The molecule has 2 heteroatoms. The number of nitrogens with two attached hydrogens (primary N) is 1. The monoisotopic (exact) mass is 220 g/mol. The van der Waals surface area contributed by atoms with E-state index in [2.05, 4.69) is 37.8 Å². The molecular weight excluding hydrogens is 196 g/mol. The molecule has 1 aromatic carbocycles. The van der Waals surface area contributed by atoms with Gasteiger partial charge in [0.15, 0.2) is 0 Å². The number of rotatable bonds is 6. The van der Waals surface area contributed by atoms with Gasteiger partial charge in [0.1, 0.15) is 0 Å². The molecule has 0 aliphatic rings. The first-order chi connectivity index (χ1) is 7.65. The summed E-state index contributed by atoms with van der Waals surface area (Å²) < 4.78 is 0. The van der Waals surface area contributed by atoms with E-state index in [1.165, 1.54) is 18.5 Å². The number of anilines is 2. The number of hydrogen-bond acceptors (Lipinski definition) is 2. The van der Waals surface area contributed by atoms with Gasteiger partial charge in [0.2, 0.25) is 0 Å². The van der Waals surface area contributed by atoms with Crippen molar-refractivity contribution in [3.05, 3.63) is 24.3 Å². The predicted octanol–water partition coefficient (Wildman–Crippen LogP) is 3.53. The van der Waals surface area contributed by atoms with Gasteiger partial charge in [-0.1, -0.05) is 26.0 Å². The second-order valence-corrected chi connectivity index (χ2v) is 4.67. The molecule has 16 heavy (non-hydrogen) atoms. The summed E-state index contributed by atoms with van der Waals surface area (Å²) in [4.78, 5) is 2.36. The van der Waals surface area contributed by atoms with Crippen molar-refractivity contribution in [3.63, 3.8) is 0 Å². The Kier molecular flexibility index (Phi) is 5.17. The summed E-state index contributed by atoms with van der Waals surface area (Å²) in [5, 5.41) is 0. The van der Waals surface area contributed by atoms with E-state index >= 15 is 0 Å². The van der Waals surface area contributed by atoms with Crippen molar-refractivity contribution in [3.8, 4) is 0 Å². The maximum atomic E-state index is 5.99. The Morgan fingerprint density at radius 1 is 1.25 bits per heavy atom. The van der Waals surface area contributed by atoms with Gasteiger partial charge < -0.3 is 10.6 Å². The highest BCUT2D eigenvalue weighted by Gasteiger charge is 2.07. The lowest BCUT2D eigenvalue weighted by atomic mass is 10.1. The number of nitrogen functional groups attached to an aromatic ring is 1.